The minimum atomic E-state index is -0.759. The van der Waals surface area contributed by atoms with Crippen molar-refractivity contribution in [2.75, 3.05) is 0 Å². The summed E-state index contributed by atoms with van der Waals surface area (Å²) in [5, 5.41) is 2.51. The van der Waals surface area contributed by atoms with Crippen LogP contribution in [0.15, 0.2) is 28.7 Å². The number of rotatable bonds is 6. The smallest absolute Gasteiger partial charge is 0.408 e. The van der Waals surface area contributed by atoms with Crippen molar-refractivity contribution in [3.63, 3.8) is 0 Å². The predicted molar refractivity (Wildman–Crippen MR) is 87.6 cm³/mol. The quantitative estimate of drug-likeness (QED) is 0.777. The van der Waals surface area contributed by atoms with Crippen LogP contribution in [0.5, 0.6) is 0 Å². The Hall–Kier alpha value is -1.40. The van der Waals surface area contributed by atoms with Crippen molar-refractivity contribution in [1.29, 1.82) is 0 Å². The van der Waals surface area contributed by atoms with Crippen molar-refractivity contribution < 1.29 is 19.1 Å². The van der Waals surface area contributed by atoms with E-state index in [1.165, 1.54) is 0 Å². The second-order valence-electron chi connectivity index (χ2n) is 5.95. The lowest BCUT2D eigenvalue weighted by atomic mass is 10.2. The van der Waals surface area contributed by atoms with Gasteiger partial charge in [-0.2, -0.15) is 0 Å². The molecular formula is C16H22BrNO4. The topological polar surface area (TPSA) is 64.6 Å². The molecule has 2 atom stereocenters. The fraction of sp³-hybridized carbons (Fsp3) is 0.500. The van der Waals surface area contributed by atoms with E-state index in [1.807, 2.05) is 24.3 Å². The highest BCUT2D eigenvalue weighted by molar-refractivity contribution is 9.10. The zero-order valence-electron chi connectivity index (χ0n) is 13.3. The molecule has 0 aromatic heterocycles. The summed E-state index contributed by atoms with van der Waals surface area (Å²) in [5.41, 5.74) is 0.371. The molecule has 0 spiro atoms. The second kappa shape index (κ2) is 8.29. The van der Waals surface area contributed by atoms with Crippen LogP contribution >= 0.6 is 15.9 Å². The highest BCUT2D eigenvalue weighted by Crippen LogP contribution is 2.12. The molecule has 1 rings (SSSR count). The van der Waals surface area contributed by atoms with Crippen molar-refractivity contribution in [3.8, 4) is 0 Å². The van der Waals surface area contributed by atoms with E-state index in [0.29, 0.717) is 12.9 Å². The second-order valence-corrected chi connectivity index (χ2v) is 6.87. The van der Waals surface area contributed by atoms with Gasteiger partial charge in [0.25, 0.3) is 0 Å². The highest BCUT2D eigenvalue weighted by Gasteiger charge is 2.23. The molecule has 1 N–H and O–H groups in total. The van der Waals surface area contributed by atoms with Crippen LogP contribution in [-0.4, -0.2) is 30.1 Å². The molecular weight excluding hydrogens is 350 g/mol. The zero-order chi connectivity index (χ0) is 16.8. The Bertz CT molecular complexity index is 496. The molecule has 0 aliphatic heterocycles. The zero-order valence-corrected chi connectivity index (χ0v) is 14.8. The minimum Gasteiger partial charge on any atom is -0.444 e. The summed E-state index contributed by atoms with van der Waals surface area (Å²) >= 11 is 3.36. The summed E-state index contributed by atoms with van der Waals surface area (Å²) in [6.45, 7) is 7.37. The first-order valence-electron chi connectivity index (χ1n) is 7.02. The number of benzene rings is 1. The molecule has 1 aromatic rings. The number of carbonyl (C=O) groups is 2. The van der Waals surface area contributed by atoms with Crippen molar-refractivity contribution in [2.45, 2.75) is 52.0 Å². The third-order valence-corrected chi connectivity index (χ3v) is 3.29. The van der Waals surface area contributed by atoms with Crippen LogP contribution < -0.4 is 5.32 Å². The first-order valence-corrected chi connectivity index (χ1v) is 7.81. The van der Waals surface area contributed by atoms with Gasteiger partial charge in [-0.05, 0) is 45.4 Å². The van der Waals surface area contributed by atoms with E-state index < -0.39 is 23.8 Å². The number of aldehydes is 1. The largest absolute Gasteiger partial charge is 0.444 e. The van der Waals surface area contributed by atoms with Gasteiger partial charge in [0.05, 0.1) is 12.7 Å². The van der Waals surface area contributed by atoms with E-state index >= 15 is 0 Å². The SMILES string of the molecule is CC(OCc1ccc(Br)cc1)C(C=O)NC(=O)OC(C)(C)C. The van der Waals surface area contributed by atoms with Gasteiger partial charge in [-0.15, -0.1) is 0 Å². The minimum absolute atomic E-state index is 0.356. The lowest BCUT2D eigenvalue weighted by Gasteiger charge is -2.24. The molecule has 0 aliphatic carbocycles. The van der Waals surface area contributed by atoms with Crippen LogP contribution in [0.2, 0.25) is 0 Å². The molecule has 0 saturated heterocycles. The number of alkyl carbamates (subject to hydrolysis) is 1. The van der Waals surface area contributed by atoms with E-state index in [4.69, 9.17) is 9.47 Å². The third kappa shape index (κ3) is 7.04. The van der Waals surface area contributed by atoms with Crippen LogP contribution in [0.1, 0.15) is 33.3 Å². The molecule has 0 bridgehead atoms. The maximum atomic E-state index is 11.7. The lowest BCUT2D eigenvalue weighted by molar-refractivity contribution is -0.113. The first-order chi connectivity index (χ1) is 10.2. The Kier molecular flexibility index (Phi) is 7.03. The molecule has 0 radical (unpaired) electrons. The molecule has 1 aromatic carbocycles. The van der Waals surface area contributed by atoms with Crippen LogP contribution in [0, 0.1) is 0 Å². The summed E-state index contributed by atoms with van der Waals surface area (Å²) in [6, 6.07) is 6.92. The number of nitrogens with one attached hydrogen (secondary N) is 1. The summed E-state index contributed by atoms with van der Waals surface area (Å²) in [6.07, 6.45) is -0.451. The van der Waals surface area contributed by atoms with Gasteiger partial charge in [0.2, 0.25) is 0 Å². The van der Waals surface area contributed by atoms with E-state index in [-0.39, 0.29) is 0 Å². The van der Waals surface area contributed by atoms with Crippen LogP contribution in [0.25, 0.3) is 0 Å². The standard InChI is InChI=1S/C16H22BrNO4/c1-11(21-10-12-5-7-13(17)8-6-12)14(9-19)18-15(20)22-16(2,3)4/h5-9,11,14H,10H2,1-4H3,(H,18,20). The Morgan fingerprint density at radius 1 is 1.32 bits per heavy atom. The average molecular weight is 372 g/mol. The number of ether oxygens (including phenoxy) is 2. The molecule has 5 nitrogen and oxygen atoms in total. The molecule has 1 amide bonds. The van der Waals surface area contributed by atoms with E-state index in [1.54, 1.807) is 27.7 Å². The highest BCUT2D eigenvalue weighted by atomic mass is 79.9. The Morgan fingerprint density at radius 2 is 1.91 bits per heavy atom. The predicted octanol–water partition coefficient (Wildman–Crippen LogP) is 3.45. The van der Waals surface area contributed by atoms with Crippen molar-refractivity contribution >= 4 is 28.3 Å². The van der Waals surface area contributed by atoms with Crippen molar-refractivity contribution in [3.05, 3.63) is 34.3 Å². The average Bonchev–Trinajstić information content (AvgIpc) is 2.42. The number of carbonyl (C=O) groups excluding carboxylic acids is 2. The third-order valence-electron chi connectivity index (χ3n) is 2.76. The van der Waals surface area contributed by atoms with Gasteiger partial charge in [-0.1, -0.05) is 28.1 Å². The molecule has 0 fully saturated rings. The lowest BCUT2D eigenvalue weighted by Crippen LogP contribution is -2.46. The number of halogens is 1. The Labute approximate surface area is 139 Å². The summed E-state index contributed by atoms with van der Waals surface area (Å²) in [7, 11) is 0. The van der Waals surface area contributed by atoms with Gasteiger partial charge < -0.3 is 19.6 Å². The fourth-order valence-corrected chi connectivity index (χ4v) is 1.88. The molecule has 0 heterocycles. The monoisotopic (exact) mass is 371 g/mol. The summed E-state index contributed by atoms with van der Waals surface area (Å²) in [4.78, 5) is 22.8. The van der Waals surface area contributed by atoms with Gasteiger partial charge in [0, 0.05) is 4.47 Å². The van der Waals surface area contributed by atoms with Gasteiger partial charge in [-0.3, -0.25) is 0 Å². The molecule has 2 unspecified atom stereocenters. The number of amides is 1. The molecule has 6 heteroatoms. The van der Waals surface area contributed by atoms with E-state index in [0.717, 1.165) is 10.0 Å². The van der Waals surface area contributed by atoms with Crippen molar-refractivity contribution in [1.82, 2.24) is 5.32 Å². The van der Waals surface area contributed by atoms with E-state index in [2.05, 4.69) is 21.2 Å². The molecule has 0 aliphatic rings. The molecule has 22 heavy (non-hydrogen) atoms. The Balaban J connectivity index is 2.50. The fourth-order valence-electron chi connectivity index (χ4n) is 1.62. The van der Waals surface area contributed by atoms with Crippen LogP contribution in [-0.2, 0) is 20.9 Å². The van der Waals surface area contributed by atoms with Gasteiger partial charge in [0.1, 0.15) is 17.9 Å². The normalized spacial score (nSPS) is 14.0. The van der Waals surface area contributed by atoms with Gasteiger partial charge in [-0.25, -0.2) is 4.79 Å². The van der Waals surface area contributed by atoms with Crippen molar-refractivity contribution in [2.24, 2.45) is 0 Å². The number of hydrogen-bond donors (Lipinski definition) is 1. The first kappa shape index (κ1) is 18.6. The molecule has 0 saturated carbocycles. The Morgan fingerprint density at radius 3 is 2.41 bits per heavy atom. The number of hydrogen-bond acceptors (Lipinski definition) is 4. The van der Waals surface area contributed by atoms with Gasteiger partial charge >= 0.3 is 6.09 Å². The van der Waals surface area contributed by atoms with Gasteiger partial charge in [0.15, 0.2) is 0 Å². The maximum absolute atomic E-state index is 11.7. The van der Waals surface area contributed by atoms with Crippen LogP contribution in [0.3, 0.4) is 0 Å². The summed E-state index contributed by atoms with van der Waals surface area (Å²) < 4.78 is 11.7. The summed E-state index contributed by atoms with van der Waals surface area (Å²) in [5.74, 6) is 0. The maximum Gasteiger partial charge on any atom is 0.408 e. The van der Waals surface area contributed by atoms with E-state index in [9.17, 15) is 9.59 Å². The molecule has 122 valence electrons. The van der Waals surface area contributed by atoms with Crippen LogP contribution in [0.4, 0.5) is 4.79 Å².